The van der Waals surface area contributed by atoms with E-state index >= 15 is 0 Å². The number of allylic oxidation sites excluding steroid dienone is 1. The molecule has 2 aromatic rings. The van der Waals surface area contributed by atoms with Crippen molar-refractivity contribution < 1.29 is 14.3 Å². The Morgan fingerprint density at radius 1 is 1.07 bits per heavy atom. The highest BCUT2D eigenvalue weighted by atomic mass is 16.6. The van der Waals surface area contributed by atoms with Crippen LogP contribution in [0.15, 0.2) is 42.2 Å². The molecule has 7 heteroatoms. The normalized spacial score (nSPS) is 15.5. The van der Waals surface area contributed by atoms with Crippen LogP contribution in [0.2, 0.25) is 0 Å². The molecule has 2 N–H and O–H groups in total. The summed E-state index contributed by atoms with van der Waals surface area (Å²) in [6.45, 7) is 1.83. The minimum absolute atomic E-state index is 0.294. The fraction of sp³-hybridized carbons (Fsp3) is 0.381. The van der Waals surface area contributed by atoms with Gasteiger partial charge in [0.25, 0.3) is 5.91 Å². The first-order valence-corrected chi connectivity index (χ1v) is 9.73. The predicted molar refractivity (Wildman–Crippen MR) is 107 cm³/mol. The first-order chi connectivity index (χ1) is 13.8. The number of fused-ring (bicyclic) bond motifs is 1. The highest BCUT2D eigenvalue weighted by molar-refractivity contribution is 6.03. The number of amides is 1. The van der Waals surface area contributed by atoms with Gasteiger partial charge in [0.15, 0.2) is 11.5 Å². The molecule has 0 radical (unpaired) electrons. The number of carbonyl (C=O) groups is 1. The smallest absolute Gasteiger partial charge is 0.274 e. The van der Waals surface area contributed by atoms with E-state index in [0.717, 1.165) is 13.0 Å². The quantitative estimate of drug-likeness (QED) is 0.742. The molecule has 4 rings (SSSR count). The van der Waals surface area contributed by atoms with E-state index in [2.05, 4.69) is 26.7 Å². The van der Waals surface area contributed by atoms with Gasteiger partial charge in [-0.25, -0.2) is 9.97 Å². The van der Waals surface area contributed by atoms with E-state index in [1.807, 2.05) is 0 Å². The molecule has 0 spiro atoms. The van der Waals surface area contributed by atoms with Gasteiger partial charge in [-0.1, -0.05) is 11.6 Å². The molecule has 28 heavy (non-hydrogen) atoms. The Morgan fingerprint density at radius 2 is 1.96 bits per heavy atom. The van der Waals surface area contributed by atoms with Crippen LogP contribution in [0.3, 0.4) is 0 Å². The lowest BCUT2D eigenvalue weighted by molar-refractivity contribution is 0.102. The second-order valence-corrected chi connectivity index (χ2v) is 6.89. The van der Waals surface area contributed by atoms with Gasteiger partial charge < -0.3 is 20.1 Å². The van der Waals surface area contributed by atoms with Gasteiger partial charge in [0.05, 0.1) is 0 Å². The van der Waals surface area contributed by atoms with Crippen LogP contribution in [0.4, 0.5) is 11.5 Å². The molecular formula is C21H24N4O3. The molecule has 0 fully saturated rings. The molecule has 0 atom stereocenters. The van der Waals surface area contributed by atoms with E-state index in [1.165, 1.54) is 37.6 Å². The van der Waals surface area contributed by atoms with Gasteiger partial charge in [0, 0.05) is 24.4 Å². The summed E-state index contributed by atoms with van der Waals surface area (Å²) in [4.78, 5) is 20.8. The number of ether oxygens (including phenoxy) is 2. The van der Waals surface area contributed by atoms with Crippen molar-refractivity contribution in [1.29, 1.82) is 0 Å². The number of hydrogen-bond acceptors (Lipinski definition) is 6. The maximum atomic E-state index is 12.5. The molecule has 146 valence electrons. The molecule has 1 amide bonds. The van der Waals surface area contributed by atoms with E-state index in [9.17, 15) is 4.79 Å². The van der Waals surface area contributed by atoms with Crippen molar-refractivity contribution in [2.24, 2.45) is 0 Å². The van der Waals surface area contributed by atoms with Crippen molar-refractivity contribution in [1.82, 2.24) is 9.97 Å². The Morgan fingerprint density at radius 3 is 2.82 bits per heavy atom. The predicted octanol–water partition coefficient (Wildman–Crippen LogP) is 3.80. The standard InChI is InChI=1S/C21H24N4O3/c26-21(25-16-6-7-18-19(12-16)28-11-10-27-18)17-13-20(24-14-23-17)22-9-8-15-4-2-1-3-5-15/h4,6-7,12-14H,1-3,5,8-11H2,(H,25,26)(H,22,23,24). The Labute approximate surface area is 164 Å². The summed E-state index contributed by atoms with van der Waals surface area (Å²) in [7, 11) is 0. The Kier molecular flexibility index (Phi) is 5.70. The lowest BCUT2D eigenvalue weighted by Crippen LogP contribution is -2.17. The molecule has 1 aliphatic carbocycles. The molecule has 0 unspecified atom stereocenters. The first kappa shape index (κ1) is 18.3. The third kappa shape index (κ3) is 4.60. The molecule has 1 aliphatic heterocycles. The second kappa shape index (κ2) is 8.73. The Bertz CT molecular complexity index is 882. The maximum absolute atomic E-state index is 12.5. The van der Waals surface area contributed by atoms with E-state index in [-0.39, 0.29) is 5.91 Å². The van der Waals surface area contributed by atoms with Crippen LogP contribution in [-0.2, 0) is 0 Å². The van der Waals surface area contributed by atoms with Crippen LogP contribution < -0.4 is 20.1 Å². The SMILES string of the molecule is O=C(Nc1ccc2c(c1)OCCO2)c1cc(NCCC2=CCCCC2)ncn1. The number of rotatable bonds is 6. The Balaban J connectivity index is 1.35. The van der Waals surface area contributed by atoms with Crippen molar-refractivity contribution in [2.45, 2.75) is 32.1 Å². The monoisotopic (exact) mass is 380 g/mol. The summed E-state index contributed by atoms with van der Waals surface area (Å²) >= 11 is 0. The molecule has 0 saturated heterocycles. The minimum atomic E-state index is -0.294. The number of aromatic nitrogens is 2. The summed E-state index contributed by atoms with van der Waals surface area (Å²) in [6.07, 6.45) is 9.71. The topological polar surface area (TPSA) is 85.4 Å². The van der Waals surface area contributed by atoms with Gasteiger partial charge in [0.1, 0.15) is 31.1 Å². The van der Waals surface area contributed by atoms with Crippen LogP contribution in [-0.4, -0.2) is 35.6 Å². The summed E-state index contributed by atoms with van der Waals surface area (Å²) in [5.41, 5.74) is 2.44. The highest BCUT2D eigenvalue weighted by Gasteiger charge is 2.14. The summed E-state index contributed by atoms with van der Waals surface area (Å²) in [5.74, 6) is 1.67. The average Bonchev–Trinajstić information content (AvgIpc) is 2.75. The zero-order chi connectivity index (χ0) is 19.2. The lowest BCUT2D eigenvalue weighted by Gasteiger charge is -2.19. The first-order valence-electron chi connectivity index (χ1n) is 9.73. The molecule has 1 aromatic carbocycles. The summed E-state index contributed by atoms with van der Waals surface area (Å²) in [5, 5.41) is 6.13. The third-order valence-corrected chi connectivity index (χ3v) is 4.84. The Hall–Kier alpha value is -3.09. The maximum Gasteiger partial charge on any atom is 0.274 e. The number of nitrogens with zero attached hydrogens (tertiary/aromatic N) is 2. The van der Waals surface area contributed by atoms with E-state index < -0.39 is 0 Å². The van der Waals surface area contributed by atoms with Crippen LogP contribution in [0.5, 0.6) is 11.5 Å². The van der Waals surface area contributed by atoms with Crippen molar-refractivity contribution >= 4 is 17.4 Å². The molecule has 2 aliphatic rings. The van der Waals surface area contributed by atoms with Crippen molar-refractivity contribution in [3.8, 4) is 11.5 Å². The number of hydrogen-bond donors (Lipinski definition) is 2. The third-order valence-electron chi connectivity index (χ3n) is 4.84. The minimum Gasteiger partial charge on any atom is -0.486 e. The van der Waals surface area contributed by atoms with Gasteiger partial charge >= 0.3 is 0 Å². The van der Waals surface area contributed by atoms with Crippen molar-refractivity contribution in [3.05, 3.63) is 47.9 Å². The lowest BCUT2D eigenvalue weighted by atomic mass is 9.97. The molecular weight excluding hydrogens is 356 g/mol. The molecule has 0 saturated carbocycles. The fourth-order valence-corrected chi connectivity index (χ4v) is 3.38. The van der Waals surface area contributed by atoms with Crippen LogP contribution >= 0.6 is 0 Å². The van der Waals surface area contributed by atoms with Crippen molar-refractivity contribution in [3.63, 3.8) is 0 Å². The van der Waals surface area contributed by atoms with Gasteiger partial charge in [-0.15, -0.1) is 0 Å². The van der Waals surface area contributed by atoms with E-state index in [4.69, 9.17) is 9.47 Å². The van der Waals surface area contributed by atoms with Crippen LogP contribution in [0.25, 0.3) is 0 Å². The van der Waals surface area contributed by atoms with Gasteiger partial charge in [-0.3, -0.25) is 4.79 Å². The molecule has 7 nitrogen and oxygen atoms in total. The number of nitrogens with one attached hydrogen (secondary N) is 2. The number of benzene rings is 1. The van der Waals surface area contributed by atoms with Gasteiger partial charge in [-0.2, -0.15) is 0 Å². The second-order valence-electron chi connectivity index (χ2n) is 6.89. The van der Waals surface area contributed by atoms with E-state index in [1.54, 1.807) is 24.3 Å². The van der Waals surface area contributed by atoms with Gasteiger partial charge in [-0.05, 0) is 44.2 Å². The van der Waals surface area contributed by atoms with E-state index in [0.29, 0.717) is 41.9 Å². The van der Waals surface area contributed by atoms with Gasteiger partial charge in [0.2, 0.25) is 0 Å². The van der Waals surface area contributed by atoms with Crippen LogP contribution in [0.1, 0.15) is 42.6 Å². The molecule has 2 heterocycles. The molecule has 1 aromatic heterocycles. The van der Waals surface area contributed by atoms with Crippen molar-refractivity contribution in [2.75, 3.05) is 30.4 Å². The largest absolute Gasteiger partial charge is 0.486 e. The number of anilines is 2. The number of carbonyl (C=O) groups excluding carboxylic acids is 1. The summed E-state index contributed by atoms with van der Waals surface area (Å²) in [6, 6.07) is 6.99. The zero-order valence-electron chi connectivity index (χ0n) is 15.7. The average molecular weight is 380 g/mol. The highest BCUT2D eigenvalue weighted by Crippen LogP contribution is 2.32. The van der Waals surface area contributed by atoms with Crippen LogP contribution in [0, 0.1) is 0 Å². The zero-order valence-corrected chi connectivity index (χ0v) is 15.7. The fourth-order valence-electron chi connectivity index (χ4n) is 3.38. The summed E-state index contributed by atoms with van der Waals surface area (Å²) < 4.78 is 11.0. The molecule has 0 bridgehead atoms.